The fraction of sp³-hybridized carbons (Fsp3) is 0.381. The van der Waals surface area contributed by atoms with Crippen LogP contribution in [0.2, 0.25) is 0 Å². The normalized spacial score (nSPS) is 9.96. The number of hydrogen-bond acceptors (Lipinski definition) is 4. The van der Waals surface area contributed by atoms with Crippen LogP contribution in [0.5, 0.6) is 0 Å². The van der Waals surface area contributed by atoms with Gasteiger partial charge in [-0.25, -0.2) is 4.79 Å². The average molecular weight is 389 g/mol. The molecule has 0 heterocycles. The van der Waals surface area contributed by atoms with Crippen molar-refractivity contribution >= 4 is 29.3 Å². The van der Waals surface area contributed by atoms with E-state index in [0.29, 0.717) is 37.1 Å². The number of anilines is 2. The second kappa shape index (κ2) is 13.1. The summed E-state index contributed by atoms with van der Waals surface area (Å²) in [6.07, 6.45) is 4.67. The van der Waals surface area contributed by atoms with E-state index in [0.717, 1.165) is 0 Å². The van der Waals surface area contributed by atoms with Crippen molar-refractivity contribution < 1.29 is 19.1 Å². The highest BCUT2D eigenvalue weighted by molar-refractivity contribution is 5.99. The minimum absolute atomic E-state index is 0.0994. The number of benzene rings is 1. The number of primary amides is 1. The second-order valence-electron chi connectivity index (χ2n) is 6.83. The third-order valence-electron chi connectivity index (χ3n) is 3.03. The van der Waals surface area contributed by atoms with Crippen molar-refractivity contribution in [1.82, 2.24) is 0 Å². The van der Waals surface area contributed by atoms with Crippen LogP contribution in [0.1, 0.15) is 46.5 Å². The molecule has 3 amide bonds. The number of hydrogen-bond donors (Lipinski definition) is 3. The van der Waals surface area contributed by atoms with E-state index in [1.54, 1.807) is 45.1 Å². The molecule has 4 N–H and O–H groups in total. The molecule has 28 heavy (non-hydrogen) atoms. The van der Waals surface area contributed by atoms with Gasteiger partial charge in [0.1, 0.15) is 5.60 Å². The van der Waals surface area contributed by atoms with Gasteiger partial charge < -0.3 is 21.1 Å². The fourth-order valence-electron chi connectivity index (χ4n) is 1.89. The first-order valence-electron chi connectivity index (χ1n) is 8.98. The number of allylic oxidation sites excluding steroid dienone is 2. The highest BCUT2D eigenvalue weighted by atomic mass is 16.6. The Kier molecular flexibility index (Phi) is 11.7. The lowest BCUT2D eigenvalue weighted by atomic mass is 10.2. The maximum absolute atomic E-state index is 11.7. The topological polar surface area (TPSA) is 111 Å². The van der Waals surface area contributed by atoms with Gasteiger partial charge in [0.2, 0.25) is 11.8 Å². The van der Waals surface area contributed by atoms with Gasteiger partial charge in [-0.1, -0.05) is 24.3 Å². The number of carbonyl (C=O) groups excluding carboxylic acids is 3. The largest absolute Gasteiger partial charge is 0.444 e. The molecule has 0 aliphatic rings. The quantitative estimate of drug-likeness (QED) is 0.573. The van der Waals surface area contributed by atoms with Gasteiger partial charge in [0.05, 0.1) is 11.4 Å². The van der Waals surface area contributed by atoms with Crippen LogP contribution in [0.25, 0.3) is 0 Å². The van der Waals surface area contributed by atoms with E-state index in [4.69, 9.17) is 5.73 Å². The number of para-hydroxylation sites is 2. The molecule has 0 fully saturated rings. The van der Waals surface area contributed by atoms with Gasteiger partial charge in [-0.2, -0.15) is 0 Å². The third-order valence-corrected chi connectivity index (χ3v) is 3.03. The Labute approximate surface area is 167 Å². The van der Waals surface area contributed by atoms with Gasteiger partial charge in [0, 0.05) is 12.8 Å². The van der Waals surface area contributed by atoms with Gasteiger partial charge in [-0.15, -0.1) is 13.2 Å². The lowest BCUT2D eigenvalue weighted by molar-refractivity contribution is -0.117. The highest BCUT2D eigenvalue weighted by Crippen LogP contribution is 2.21. The molecule has 0 saturated heterocycles. The maximum Gasteiger partial charge on any atom is 0.405 e. The van der Waals surface area contributed by atoms with Crippen LogP contribution < -0.4 is 16.4 Å². The van der Waals surface area contributed by atoms with Crippen molar-refractivity contribution in [2.24, 2.45) is 5.73 Å². The monoisotopic (exact) mass is 389 g/mol. The van der Waals surface area contributed by atoms with Crippen LogP contribution in [-0.4, -0.2) is 23.5 Å². The molecule has 0 aliphatic heterocycles. The van der Waals surface area contributed by atoms with Gasteiger partial charge >= 0.3 is 6.09 Å². The molecule has 0 spiro atoms. The van der Waals surface area contributed by atoms with Crippen LogP contribution in [0.15, 0.2) is 49.6 Å². The van der Waals surface area contributed by atoms with E-state index >= 15 is 0 Å². The zero-order chi connectivity index (χ0) is 21.6. The summed E-state index contributed by atoms with van der Waals surface area (Å²) < 4.78 is 4.58. The van der Waals surface area contributed by atoms with Crippen LogP contribution in [0.3, 0.4) is 0 Å². The first-order valence-corrected chi connectivity index (χ1v) is 8.98. The molecule has 0 aromatic heterocycles. The number of carbonyl (C=O) groups is 3. The molecule has 0 saturated carbocycles. The molecule has 154 valence electrons. The molecule has 0 unspecified atom stereocenters. The summed E-state index contributed by atoms with van der Waals surface area (Å²) in [5.74, 6) is -0.199. The lowest BCUT2D eigenvalue weighted by Crippen LogP contribution is -2.27. The molecule has 7 nitrogen and oxygen atoms in total. The second-order valence-corrected chi connectivity index (χ2v) is 6.83. The Hall–Kier alpha value is -3.09. The number of nitrogens with one attached hydrogen (secondary N) is 2. The minimum atomic E-state index is -0.725. The van der Waals surface area contributed by atoms with Crippen molar-refractivity contribution in [2.45, 2.75) is 52.1 Å². The number of amides is 3. The molecular weight excluding hydrogens is 358 g/mol. The minimum Gasteiger partial charge on any atom is -0.444 e. The van der Waals surface area contributed by atoms with Gasteiger partial charge in [0.25, 0.3) is 0 Å². The summed E-state index contributed by atoms with van der Waals surface area (Å²) in [7, 11) is 0. The van der Waals surface area contributed by atoms with Gasteiger partial charge in [0.15, 0.2) is 0 Å². The first-order chi connectivity index (χ1) is 13.1. The molecule has 7 heteroatoms. The molecule has 1 aromatic rings. The van der Waals surface area contributed by atoms with Gasteiger partial charge in [-0.3, -0.25) is 9.59 Å². The number of rotatable bonds is 8. The Morgan fingerprint density at radius 3 is 1.61 bits per heavy atom. The zero-order valence-corrected chi connectivity index (χ0v) is 16.9. The van der Waals surface area contributed by atoms with Crippen LogP contribution in [0, 0.1) is 0 Å². The number of nitrogens with two attached hydrogens (primary N) is 1. The summed E-state index contributed by atoms with van der Waals surface area (Å²) in [6.45, 7) is 12.4. The van der Waals surface area contributed by atoms with Gasteiger partial charge in [-0.05, 0) is 45.7 Å². The summed E-state index contributed by atoms with van der Waals surface area (Å²) >= 11 is 0. The standard InChI is InChI=1S/C16H20N2O2.C5H11NO2/c1-3-5-11-15(19)17-13-9-7-8-10-14(13)18-16(20)12-6-4-2;1-5(2,3)8-4(6)7/h3-4,7-10H,1-2,5-6,11-12H2,(H,17,19)(H,18,20);1-3H3,(H2,6,7). The van der Waals surface area contributed by atoms with Crippen molar-refractivity contribution in [2.75, 3.05) is 10.6 Å². The van der Waals surface area contributed by atoms with Crippen molar-refractivity contribution in [3.8, 4) is 0 Å². The third kappa shape index (κ3) is 13.2. The first kappa shape index (κ1) is 24.9. The maximum atomic E-state index is 11.7. The summed E-state index contributed by atoms with van der Waals surface area (Å²) in [5.41, 5.74) is 5.48. The molecule has 1 aromatic carbocycles. The van der Waals surface area contributed by atoms with E-state index in [2.05, 4.69) is 28.5 Å². The fourth-order valence-corrected chi connectivity index (χ4v) is 1.89. The van der Waals surface area contributed by atoms with Crippen molar-refractivity contribution in [3.05, 3.63) is 49.6 Å². The smallest absolute Gasteiger partial charge is 0.405 e. The molecule has 0 atom stereocenters. The van der Waals surface area contributed by atoms with E-state index in [1.807, 2.05) is 12.1 Å². The Morgan fingerprint density at radius 2 is 1.36 bits per heavy atom. The molecule has 0 aliphatic carbocycles. The molecule has 0 bridgehead atoms. The average Bonchev–Trinajstić information content (AvgIpc) is 2.58. The lowest BCUT2D eigenvalue weighted by Gasteiger charge is -2.16. The number of ether oxygens (including phenoxy) is 1. The SMILES string of the molecule is C=CCCC(=O)Nc1ccccc1NC(=O)CCC=C.CC(C)(C)OC(N)=O. The van der Waals surface area contributed by atoms with Crippen molar-refractivity contribution in [3.63, 3.8) is 0 Å². The Morgan fingerprint density at radius 1 is 0.964 bits per heavy atom. The van der Waals surface area contributed by atoms with Crippen LogP contribution in [0.4, 0.5) is 16.2 Å². The molecule has 1 rings (SSSR count). The predicted octanol–water partition coefficient (Wildman–Crippen LogP) is 4.38. The zero-order valence-electron chi connectivity index (χ0n) is 16.9. The summed E-state index contributed by atoms with van der Waals surface area (Å²) in [6, 6.07) is 7.13. The predicted molar refractivity (Wildman–Crippen MR) is 113 cm³/mol. The van der Waals surface area contributed by atoms with Crippen LogP contribution >= 0.6 is 0 Å². The van der Waals surface area contributed by atoms with Crippen molar-refractivity contribution in [1.29, 1.82) is 0 Å². The molecular formula is C21H31N3O4. The Balaban J connectivity index is 0.000000769. The van der Waals surface area contributed by atoms with E-state index < -0.39 is 11.7 Å². The summed E-state index contributed by atoms with van der Waals surface area (Å²) in [4.78, 5) is 33.4. The molecule has 0 radical (unpaired) electrons. The highest BCUT2D eigenvalue weighted by Gasteiger charge is 2.12. The summed E-state index contributed by atoms with van der Waals surface area (Å²) in [5, 5.41) is 5.57. The van der Waals surface area contributed by atoms with E-state index in [9.17, 15) is 14.4 Å². The van der Waals surface area contributed by atoms with E-state index in [1.165, 1.54) is 0 Å². The van der Waals surface area contributed by atoms with Crippen LogP contribution in [-0.2, 0) is 14.3 Å². The Bertz CT molecular complexity index is 633. The van der Waals surface area contributed by atoms with E-state index in [-0.39, 0.29) is 11.8 Å².